The molecule has 0 aliphatic rings. The molecule has 0 aliphatic heterocycles. The normalized spacial score (nSPS) is 13.7. The van der Waals surface area contributed by atoms with Crippen molar-refractivity contribution in [2.45, 2.75) is 111 Å². The monoisotopic (exact) mass is 306 g/mol. The van der Waals surface area contributed by atoms with Crippen LogP contribution in [0, 0.1) is 0 Å². The highest BCUT2D eigenvalue weighted by Gasteiger charge is 2.36. The third kappa shape index (κ3) is 3.94. The Balaban J connectivity index is 3.44. The molecule has 0 amide bonds. The van der Waals surface area contributed by atoms with Gasteiger partial charge in [-0.15, -0.1) is 0 Å². The lowest BCUT2D eigenvalue weighted by atomic mass is 9.74. The van der Waals surface area contributed by atoms with Crippen LogP contribution in [0.3, 0.4) is 0 Å². The Morgan fingerprint density at radius 2 is 1.45 bits per heavy atom. The van der Waals surface area contributed by atoms with Crippen molar-refractivity contribution < 1.29 is 0 Å². The van der Waals surface area contributed by atoms with E-state index in [0.717, 1.165) is 18.7 Å². The van der Waals surface area contributed by atoms with Crippen LogP contribution in [-0.4, -0.2) is 9.97 Å². The minimum absolute atomic E-state index is 0.0657. The first-order valence-electron chi connectivity index (χ1n) is 9.13. The molecule has 2 nitrogen and oxygen atoms in total. The van der Waals surface area contributed by atoms with E-state index in [1.165, 1.54) is 30.7 Å². The maximum Gasteiger partial charge on any atom is 0.112 e. The summed E-state index contributed by atoms with van der Waals surface area (Å²) in [5, 5.41) is 0. The second-order valence-corrected chi connectivity index (χ2v) is 8.81. The minimum atomic E-state index is 0.0657. The van der Waals surface area contributed by atoms with Gasteiger partial charge in [-0.25, -0.2) is 4.98 Å². The minimum Gasteiger partial charge on any atom is -0.345 e. The average Bonchev–Trinajstić information content (AvgIpc) is 2.91. The first-order chi connectivity index (χ1) is 10.0. The summed E-state index contributed by atoms with van der Waals surface area (Å²) in [7, 11) is 0. The molecule has 0 aliphatic carbocycles. The van der Waals surface area contributed by atoms with Crippen molar-refractivity contribution in [3.05, 3.63) is 17.2 Å². The Labute approximate surface area is 138 Å². The van der Waals surface area contributed by atoms with Crippen LogP contribution in [0.25, 0.3) is 0 Å². The molecule has 1 heterocycles. The molecule has 22 heavy (non-hydrogen) atoms. The zero-order valence-corrected chi connectivity index (χ0v) is 16.5. The molecule has 0 bridgehead atoms. The molecule has 0 saturated carbocycles. The van der Waals surface area contributed by atoms with Gasteiger partial charge in [0.1, 0.15) is 5.82 Å². The largest absolute Gasteiger partial charge is 0.345 e. The molecule has 1 N–H and O–H groups in total. The van der Waals surface area contributed by atoms with Crippen LogP contribution in [0.4, 0.5) is 0 Å². The Bertz CT molecular complexity index is 470. The van der Waals surface area contributed by atoms with Gasteiger partial charge in [-0.1, -0.05) is 75.2 Å². The molecule has 0 aromatic carbocycles. The summed E-state index contributed by atoms with van der Waals surface area (Å²) < 4.78 is 0. The maximum atomic E-state index is 5.11. The van der Waals surface area contributed by atoms with Crippen molar-refractivity contribution in [2.24, 2.45) is 0 Å². The van der Waals surface area contributed by atoms with E-state index in [-0.39, 0.29) is 16.2 Å². The highest BCUT2D eigenvalue weighted by Crippen LogP contribution is 2.40. The summed E-state index contributed by atoms with van der Waals surface area (Å²) in [4.78, 5) is 8.85. The van der Waals surface area contributed by atoms with Crippen LogP contribution in [-0.2, 0) is 16.2 Å². The number of hydrogen-bond donors (Lipinski definition) is 1. The topological polar surface area (TPSA) is 28.7 Å². The van der Waals surface area contributed by atoms with Gasteiger partial charge in [0, 0.05) is 21.9 Å². The van der Waals surface area contributed by atoms with Gasteiger partial charge in [0.25, 0.3) is 0 Å². The van der Waals surface area contributed by atoms with E-state index in [9.17, 15) is 0 Å². The van der Waals surface area contributed by atoms with Gasteiger partial charge < -0.3 is 4.98 Å². The van der Waals surface area contributed by atoms with E-state index in [4.69, 9.17) is 4.98 Å². The van der Waals surface area contributed by atoms with E-state index in [2.05, 4.69) is 67.3 Å². The number of H-pyrrole nitrogens is 1. The number of aromatic nitrogens is 2. The van der Waals surface area contributed by atoms with E-state index in [1.807, 2.05) is 0 Å². The lowest BCUT2D eigenvalue weighted by Crippen LogP contribution is -2.28. The predicted molar refractivity (Wildman–Crippen MR) is 97.8 cm³/mol. The smallest absolute Gasteiger partial charge is 0.112 e. The highest BCUT2D eigenvalue weighted by atomic mass is 15.0. The Morgan fingerprint density at radius 1 is 0.909 bits per heavy atom. The van der Waals surface area contributed by atoms with Crippen molar-refractivity contribution in [1.29, 1.82) is 0 Å². The standard InChI is InChI=1S/C20H38N2/c1-10-13-14-19(7,8)15-16(20(9,11-2)12-3)22-17(21-15)18(4,5)6/h10-14H2,1-9H3,(H,21,22). The van der Waals surface area contributed by atoms with Crippen LogP contribution in [0.15, 0.2) is 0 Å². The predicted octanol–water partition coefficient (Wildman–Crippen LogP) is 6.25. The molecule has 0 fully saturated rings. The number of hydrogen-bond acceptors (Lipinski definition) is 1. The molecule has 0 atom stereocenters. The van der Waals surface area contributed by atoms with Crippen LogP contribution in [0.1, 0.15) is 112 Å². The fourth-order valence-corrected chi connectivity index (χ4v) is 2.98. The lowest BCUT2D eigenvalue weighted by Gasteiger charge is -2.31. The van der Waals surface area contributed by atoms with Gasteiger partial charge in [0.15, 0.2) is 0 Å². The van der Waals surface area contributed by atoms with Gasteiger partial charge >= 0.3 is 0 Å². The second kappa shape index (κ2) is 6.76. The third-order valence-corrected chi connectivity index (χ3v) is 5.38. The molecule has 1 aromatic heterocycles. The summed E-state index contributed by atoms with van der Waals surface area (Å²) in [6.45, 7) is 20.7. The zero-order valence-electron chi connectivity index (χ0n) is 16.5. The number of unbranched alkanes of at least 4 members (excludes halogenated alkanes) is 1. The molecule has 1 rings (SSSR count). The first-order valence-corrected chi connectivity index (χ1v) is 9.13. The molecule has 0 radical (unpaired) electrons. The number of rotatable bonds is 7. The van der Waals surface area contributed by atoms with Crippen LogP contribution < -0.4 is 0 Å². The Morgan fingerprint density at radius 3 is 1.86 bits per heavy atom. The van der Waals surface area contributed by atoms with Crippen molar-refractivity contribution >= 4 is 0 Å². The molecule has 0 saturated heterocycles. The fourth-order valence-electron chi connectivity index (χ4n) is 2.98. The zero-order chi connectivity index (χ0) is 17.2. The molecular weight excluding hydrogens is 268 g/mol. The number of imidazole rings is 1. The van der Waals surface area contributed by atoms with Crippen molar-refractivity contribution in [3.8, 4) is 0 Å². The van der Waals surface area contributed by atoms with Crippen LogP contribution >= 0.6 is 0 Å². The van der Waals surface area contributed by atoms with Crippen LogP contribution in [0.5, 0.6) is 0 Å². The van der Waals surface area contributed by atoms with E-state index in [0.29, 0.717) is 0 Å². The van der Waals surface area contributed by atoms with E-state index in [1.54, 1.807) is 0 Å². The van der Waals surface area contributed by atoms with Crippen molar-refractivity contribution in [2.75, 3.05) is 0 Å². The molecule has 2 heteroatoms. The van der Waals surface area contributed by atoms with Crippen molar-refractivity contribution in [3.63, 3.8) is 0 Å². The SMILES string of the molecule is CCCCC(C)(C)c1[nH]c(C(C)(C)C)nc1C(C)(CC)CC. The maximum absolute atomic E-state index is 5.11. The quantitative estimate of drug-likeness (QED) is 0.633. The molecule has 0 spiro atoms. The van der Waals surface area contributed by atoms with Crippen molar-refractivity contribution in [1.82, 2.24) is 9.97 Å². The van der Waals surface area contributed by atoms with E-state index >= 15 is 0 Å². The number of nitrogens with zero attached hydrogens (tertiary/aromatic N) is 1. The van der Waals surface area contributed by atoms with Gasteiger partial charge in [-0.05, 0) is 19.3 Å². The van der Waals surface area contributed by atoms with Gasteiger partial charge in [-0.3, -0.25) is 0 Å². The molecular formula is C20H38N2. The summed E-state index contributed by atoms with van der Waals surface area (Å²) in [6.07, 6.45) is 6.00. The third-order valence-electron chi connectivity index (χ3n) is 5.38. The number of nitrogens with one attached hydrogen (secondary N) is 1. The van der Waals surface area contributed by atoms with Gasteiger partial charge in [0.2, 0.25) is 0 Å². The van der Waals surface area contributed by atoms with Gasteiger partial charge in [-0.2, -0.15) is 0 Å². The summed E-state index contributed by atoms with van der Waals surface area (Å²) in [6, 6.07) is 0. The molecule has 0 unspecified atom stereocenters. The highest BCUT2D eigenvalue weighted by molar-refractivity contribution is 5.31. The number of aromatic amines is 1. The second-order valence-electron chi connectivity index (χ2n) is 8.81. The first kappa shape index (κ1) is 19.3. The molecule has 1 aromatic rings. The molecule has 128 valence electrons. The summed E-state index contributed by atoms with van der Waals surface area (Å²) in [5.74, 6) is 1.13. The lowest BCUT2D eigenvalue weighted by molar-refractivity contribution is 0.391. The van der Waals surface area contributed by atoms with Crippen LogP contribution in [0.2, 0.25) is 0 Å². The average molecular weight is 307 g/mol. The summed E-state index contributed by atoms with van der Waals surface area (Å²) >= 11 is 0. The Kier molecular flexibility index (Phi) is 5.92. The Hall–Kier alpha value is -0.790. The fraction of sp³-hybridized carbons (Fsp3) is 0.850. The van der Waals surface area contributed by atoms with E-state index < -0.39 is 0 Å². The van der Waals surface area contributed by atoms with Gasteiger partial charge in [0.05, 0.1) is 5.69 Å². The summed E-state index contributed by atoms with van der Waals surface area (Å²) in [5.41, 5.74) is 3.07.